The van der Waals surface area contributed by atoms with Gasteiger partial charge in [-0.2, -0.15) is 0 Å². The third kappa shape index (κ3) is 3.60. The van der Waals surface area contributed by atoms with E-state index >= 15 is 0 Å². The van der Waals surface area contributed by atoms with E-state index in [9.17, 15) is 4.79 Å². The topological polar surface area (TPSA) is 46.9 Å². The quantitative estimate of drug-likeness (QED) is 0.634. The Hall–Kier alpha value is -1.84. The molecule has 0 unspecified atom stereocenters. The minimum Gasteiger partial charge on any atom is -0.355 e. The molecule has 0 aliphatic heterocycles. The molecule has 1 N–H and O–H groups in total. The first-order chi connectivity index (χ1) is 14.2. The van der Waals surface area contributed by atoms with Crippen LogP contribution < -0.4 is 5.32 Å². The van der Waals surface area contributed by atoms with Crippen LogP contribution in [0.3, 0.4) is 0 Å². The molecule has 0 radical (unpaired) electrons. The van der Waals surface area contributed by atoms with Crippen LogP contribution in [0.25, 0.3) is 11.0 Å². The van der Waals surface area contributed by atoms with Gasteiger partial charge in [0.2, 0.25) is 5.91 Å². The van der Waals surface area contributed by atoms with Crippen molar-refractivity contribution >= 4 is 16.9 Å². The molecule has 29 heavy (non-hydrogen) atoms. The van der Waals surface area contributed by atoms with E-state index < -0.39 is 0 Å². The Bertz CT molecular complexity index is 848. The lowest BCUT2D eigenvalue weighted by atomic mass is 9.49. The molecule has 156 valence electrons. The minimum atomic E-state index is -0.0456. The van der Waals surface area contributed by atoms with E-state index in [1.807, 2.05) is 0 Å². The molecular formula is C25H35N3O. The fourth-order valence-corrected chi connectivity index (χ4v) is 6.95. The van der Waals surface area contributed by atoms with Gasteiger partial charge in [0, 0.05) is 24.9 Å². The first-order valence-electron chi connectivity index (χ1n) is 11.9. The van der Waals surface area contributed by atoms with Gasteiger partial charge in [0.05, 0.1) is 11.0 Å². The second-order valence-electron chi connectivity index (χ2n) is 10.1. The van der Waals surface area contributed by atoms with Gasteiger partial charge in [-0.3, -0.25) is 4.79 Å². The van der Waals surface area contributed by atoms with E-state index in [0.29, 0.717) is 12.5 Å². The normalized spacial score (nSPS) is 30.2. The third-order valence-corrected chi connectivity index (χ3v) is 7.87. The molecule has 1 amide bonds. The van der Waals surface area contributed by atoms with Gasteiger partial charge in [-0.25, -0.2) is 4.98 Å². The number of para-hydroxylation sites is 2. The van der Waals surface area contributed by atoms with Gasteiger partial charge >= 0.3 is 0 Å². The number of unbranched alkanes of at least 4 members (excludes halogenated alkanes) is 2. The van der Waals surface area contributed by atoms with Gasteiger partial charge in [0.25, 0.3) is 0 Å². The Balaban J connectivity index is 1.25. The van der Waals surface area contributed by atoms with E-state index in [1.165, 1.54) is 44.0 Å². The van der Waals surface area contributed by atoms with Gasteiger partial charge < -0.3 is 9.88 Å². The number of aryl methyl sites for hydroxylation is 1. The van der Waals surface area contributed by atoms with Crippen molar-refractivity contribution in [1.29, 1.82) is 0 Å². The smallest absolute Gasteiger partial charge is 0.226 e. The number of rotatable bonds is 8. The lowest BCUT2D eigenvalue weighted by Gasteiger charge is -2.55. The van der Waals surface area contributed by atoms with Crippen molar-refractivity contribution < 1.29 is 4.79 Å². The highest BCUT2D eigenvalue weighted by atomic mass is 16.2. The number of carbonyl (C=O) groups excluding carboxylic acids is 1. The summed E-state index contributed by atoms with van der Waals surface area (Å²) in [5.74, 6) is 3.90. The van der Waals surface area contributed by atoms with Gasteiger partial charge in [0.1, 0.15) is 5.82 Å². The van der Waals surface area contributed by atoms with E-state index in [1.54, 1.807) is 0 Å². The third-order valence-electron chi connectivity index (χ3n) is 7.87. The van der Waals surface area contributed by atoms with E-state index in [4.69, 9.17) is 4.98 Å². The average Bonchev–Trinajstić information content (AvgIpc) is 3.05. The summed E-state index contributed by atoms with van der Waals surface area (Å²) in [4.78, 5) is 18.1. The van der Waals surface area contributed by atoms with Crippen molar-refractivity contribution in [3.8, 4) is 0 Å². The van der Waals surface area contributed by atoms with Gasteiger partial charge in [-0.15, -0.1) is 0 Å². The monoisotopic (exact) mass is 393 g/mol. The zero-order valence-corrected chi connectivity index (χ0v) is 17.8. The second-order valence-corrected chi connectivity index (χ2v) is 10.1. The number of benzene rings is 1. The molecule has 1 aromatic heterocycles. The molecule has 4 saturated carbocycles. The highest BCUT2D eigenvalue weighted by Gasteiger charge is 2.54. The first kappa shape index (κ1) is 19.1. The molecule has 4 fully saturated rings. The van der Waals surface area contributed by atoms with Gasteiger partial charge in [0.15, 0.2) is 0 Å². The van der Waals surface area contributed by atoms with Crippen molar-refractivity contribution in [2.24, 2.45) is 23.2 Å². The molecule has 4 nitrogen and oxygen atoms in total. The Labute approximate surface area is 174 Å². The zero-order chi connectivity index (χ0) is 19.8. The Morgan fingerprint density at radius 1 is 1.10 bits per heavy atom. The van der Waals surface area contributed by atoms with E-state index in [0.717, 1.165) is 61.3 Å². The predicted octanol–water partition coefficient (Wildman–Crippen LogP) is 5.10. The molecule has 4 aliphatic carbocycles. The number of aromatic nitrogens is 2. The second kappa shape index (κ2) is 7.77. The van der Waals surface area contributed by atoms with Crippen LogP contribution in [0, 0.1) is 23.2 Å². The lowest BCUT2D eigenvalue weighted by molar-refractivity contribution is -0.146. The molecule has 4 heteroatoms. The predicted molar refractivity (Wildman–Crippen MR) is 117 cm³/mol. The number of hydrogen-bond donors (Lipinski definition) is 1. The number of fused-ring (bicyclic) bond motifs is 1. The van der Waals surface area contributed by atoms with Crippen LogP contribution >= 0.6 is 0 Å². The highest BCUT2D eigenvalue weighted by molar-refractivity contribution is 5.83. The molecule has 1 aromatic carbocycles. The Morgan fingerprint density at radius 3 is 2.48 bits per heavy atom. The van der Waals surface area contributed by atoms with Crippen LogP contribution in [0.2, 0.25) is 0 Å². The summed E-state index contributed by atoms with van der Waals surface area (Å²) in [5.41, 5.74) is 2.26. The standard InChI is InChI=1S/C25H35N3O/c1-2-3-6-11-28-22-8-5-4-7-21(22)27-23(28)9-10-26-24(29)25-15-18-12-19(16-25)14-20(13-18)17-25/h4-5,7-8,18-20H,2-3,6,9-17H2,1H3,(H,26,29). The fraction of sp³-hybridized carbons (Fsp3) is 0.680. The number of imidazole rings is 1. The van der Waals surface area contributed by atoms with Crippen LogP contribution in [0.4, 0.5) is 0 Å². The number of amides is 1. The van der Waals surface area contributed by atoms with Crippen molar-refractivity contribution in [2.75, 3.05) is 6.54 Å². The summed E-state index contributed by atoms with van der Waals surface area (Å²) in [6, 6.07) is 8.43. The molecule has 2 aromatic rings. The van der Waals surface area contributed by atoms with Gasteiger partial charge in [-0.1, -0.05) is 31.9 Å². The van der Waals surface area contributed by atoms with Crippen molar-refractivity contribution in [1.82, 2.24) is 14.9 Å². The molecule has 0 saturated heterocycles. The number of nitrogens with one attached hydrogen (secondary N) is 1. The summed E-state index contributed by atoms with van der Waals surface area (Å²) in [5, 5.41) is 3.33. The SMILES string of the molecule is CCCCCn1c(CCNC(=O)C23CC4CC(CC(C4)C2)C3)nc2ccccc21. The largest absolute Gasteiger partial charge is 0.355 e. The number of nitrogens with zero attached hydrogens (tertiary/aromatic N) is 2. The molecule has 0 atom stereocenters. The molecule has 0 spiro atoms. The van der Waals surface area contributed by atoms with Crippen molar-refractivity contribution in [2.45, 2.75) is 77.7 Å². The van der Waals surface area contributed by atoms with Crippen LogP contribution in [0.1, 0.15) is 70.5 Å². The van der Waals surface area contributed by atoms with Gasteiger partial charge in [-0.05, 0) is 74.8 Å². The highest BCUT2D eigenvalue weighted by Crippen LogP contribution is 2.60. The maximum atomic E-state index is 13.2. The van der Waals surface area contributed by atoms with Crippen LogP contribution in [0.15, 0.2) is 24.3 Å². The maximum absolute atomic E-state index is 13.2. The summed E-state index contributed by atoms with van der Waals surface area (Å²) < 4.78 is 2.38. The average molecular weight is 394 g/mol. The summed E-state index contributed by atoms with van der Waals surface area (Å²) in [6.45, 7) is 3.97. The van der Waals surface area contributed by atoms with E-state index in [-0.39, 0.29) is 5.41 Å². The first-order valence-corrected chi connectivity index (χ1v) is 11.9. The van der Waals surface area contributed by atoms with Crippen LogP contribution in [-0.4, -0.2) is 22.0 Å². The molecule has 4 bridgehead atoms. The summed E-state index contributed by atoms with van der Waals surface area (Å²) in [7, 11) is 0. The zero-order valence-electron chi connectivity index (χ0n) is 17.8. The van der Waals surface area contributed by atoms with Crippen LogP contribution in [0.5, 0.6) is 0 Å². The molecular weight excluding hydrogens is 358 g/mol. The lowest BCUT2D eigenvalue weighted by Crippen LogP contribution is -2.53. The molecule has 1 heterocycles. The maximum Gasteiger partial charge on any atom is 0.226 e. The van der Waals surface area contributed by atoms with Crippen molar-refractivity contribution in [3.05, 3.63) is 30.1 Å². The van der Waals surface area contributed by atoms with E-state index in [2.05, 4.69) is 41.1 Å². The Morgan fingerprint density at radius 2 is 1.79 bits per heavy atom. The molecule has 4 aliphatic rings. The Kier molecular flexibility index (Phi) is 5.13. The summed E-state index contributed by atoms with van der Waals surface area (Å²) >= 11 is 0. The minimum absolute atomic E-state index is 0.0456. The fourth-order valence-electron chi connectivity index (χ4n) is 6.95. The van der Waals surface area contributed by atoms with Crippen molar-refractivity contribution in [3.63, 3.8) is 0 Å². The number of hydrogen-bond acceptors (Lipinski definition) is 2. The molecule has 6 rings (SSSR count). The van der Waals surface area contributed by atoms with Crippen LogP contribution in [-0.2, 0) is 17.8 Å². The summed E-state index contributed by atoms with van der Waals surface area (Å²) in [6.07, 6.45) is 12.0. The number of carbonyl (C=O) groups is 1.